The molecule has 41 heavy (non-hydrogen) atoms. The molecule has 0 radical (unpaired) electrons. The summed E-state index contributed by atoms with van der Waals surface area (Å²) in [4.78, 5) is 28.3. The first-order chi connectivity index (χ1) is 20.0. The standard InChI is InChI=1S/C31H33ClN6O3/c1-3-17-40-30-26(37-28(39)14-10-23-8-6-16-38(23)2)12-11-25-29(30)31(35-20-34-25)36-21-9-13-27(24(32)18-21)41-19-22-7-4-5-15-33-22/h4-5,7,9-15,18,20,23H,3,6,8,16-17,19H2,1-2H3,(H,37,39)(H,34,35,36)/b14-10+/t23-/m1/s1. The molecule has 9 nitrogen and oxygen atoms in total. The second-order valence-electron chi connectivity index (χ2n) is 9.83. The molecule has 1 saturated heterocycles. The van der Waals surface area contributed by atoms with Crippen molar-refractivity contribution in [1.82, 2.24) is 19.9 Å². The van der Waals surface area contributed by atoms with Crippen molar-refractivity contribution >= 4 is 45.6 Å². The Morgan fingerprint density at radius 3 is 2.80 bits per heavy atom. The van der Waals surface area contributed by atoms with E-state index in [0.29, 0.717) is 57.8 Å². The molecule has 0 spiro atoms. The van der Waals surface area contributed by atoms with Crippen molar-refractivity contribution < 1.29 is 14.3 Å². The number of fused-ring (bicyclic) bond motifs is 1. The van der Waals surface area contributed by atoms with E-state index in [9.17, 15) is 4.79 Å². The Labute approximate surface area is 244 Å². The van der Waals surface area contributed by atoms with Crippen molar-refractivity contribution in [2.75, 3.05) is 30.8 Å². The van der Waals surface area contributed by atoms with Gasteiger partial charge in [0.25, 0.3) is 0 Å². The number of likely N-dealkylation sites (N-methyl/N-ethyl adjacent to an activating group) is 1. The SMILES string of the molecule is CCCOc1c(NC(=O)/C=C/[C@H]2CCCN2C)ccc2ncnc(Nc3ccc(OCc4ccccn4)c(Cl)c3)c12. The number of likely N-dealkylation sites (tertiary alicyclic amines) is 1. The second kappa shape index (κ2) is 13.4. The quantitative estimate of drug-likeness (QED) is 0.200. The van der Waals surface area contributed by atoms with E-state index >= 15 is 0 Å². The lowest BCUT2D eigenvalue weighted by Gasteiger charge is -2.17. The Balaban J connectivity index is 1.39. The Kier molecular flexibility index (Phi) is 9.28. The monoisotopic (exact) mass is 572 g/mol. The van der Waals surface area contributed by atoms with E-state index in [1.54, 1.807) is 24.4 Å². The topological polar surface area (TPSA) is 102 Å². The Bertz CT molecular complexity index is 1530. The largest absolute Gasteiger partial charge is 0.491 e. The van der Waals surface area contributed by atoms with Gasteiger partial charge in [0.05, 0.1) is 33.9 Å². The summed E-state index contributed by atoms with van der Waals surface area (Å²) in [6.45, 7) is 3.84. The first-order valence-corrected chi connectivity index (χ1v) is 14.1. The highest BCUT2D eigenvalue weighted by Crippen LogP contribution is 2.39. The van der Waals surface area contributed by atoms with Crippen LogP contribution in [0.5, 0.6) is 11.5 Å². The van der Waals surface area contributed by atoms with Crippen LogP contribution in [0.3, 0.4) is 0 Å². The Morgan fingerprint density at radius 1 is 1.15 bits per heavy atom. The minimum atomic E-state index is -0.217. The lowest BCUT2D eigenvalue weighted by atomic mass is 10.1. The normalized spacial score (nSPS) is 15.3. The molecule has 5 rings (SSSR count). The highest BCUT2D eigenvalue weighted by atomic mass is 35.5. The maximum Gasteiger partial charge on any atom is 0.248 e. The number of rotatable bonds is 11. The van der Waals surface area contributed by atoms with Gasteiger partial charge in [0.15, 0.2) is 5.75 Å². The molecular formula is C31H33ClN6O3. The lowest BCUT2D eigenvalue weighted by molar-refractivity contribution is -0.112. The minimum Gasteiger partial charge on any atom is -0.491 e. The number of nitrogens with zero attached hydrogens (tertiary/aromatic N) is 4. The number of nitrogens with one attached hydrogen (secondary N) is 2. The van der Waals surface area contributed by atoms with Gasteiger partial charge in [-0.2, -0.15) is 0 Å². The van der Waals surface area contributed by atoms with E-state index < -0.39 is 0 Å². The number of aromatic nitrogens is 3. The number of ether oxygens (including phenoxy) is 2. The fourth-order valence-electron chi connectivity index (χ4n) is 4.69. The summed E-state index contributed by atoms with van der Waals surface area (Å²) < 4.78 is 12.0. The van der Waals surface area contributed by atoms with Gasteiger partial charge >= 0.3 is 0 Å². The van der Waals surface area contributed by atoms with Crippen LogP contribution in [0.2, 0.25) is 5.02 Å². The molecule has 0 saturated carbocycles. The molecule has 1 fully saturated rings. The molecule has 3 heterocycles. The molecule has 1 atom stereocenters. The van der Waals surface area contributed by atoms with Gasteiger partial charge in [-0.05, 0) is 75.3 Å². The van der Waals surface area contributed by atoms with Crippen molar-refractivity contribution in [1.29, 1.82) is 0 Å². The summed E-state index contributed by atoms with van der Waals surface area (Å²) >= 11 is 6.55. The van der Waals surface area contributed by atoms with Gasteiger partial charge in [-0.1, -0.05) is 30.7 Å². The van der Waals surface area contributed by atoms with Crippen molar-refractivity contribution in [3.63, 3.8) is 0 Å². The second-order valence-corrected chi connectivity index (χ2v) is 10.2. The molecule has 0 aliphatic carbocycles. The molecule has 212 valence electrons. The van der Waals surface area contributed by atoms with Crippen LogP contribution in [0.15, 0.2) is 73.2 Å². The zero-order chi connectivity index (χ0) is 28.6. The number of halogens is 1. The number of hydrogen-bond acceptors (Lipinski definition) is 8. The van der Waals surface area contributed by atoms with Crippen LogP contribution >= 0.6 is 11.6 Å². The molecule has 4 aromatic rings. The van der Waals surface area contributed by atoms with Crippen molar-refractivity contribution in [3.05, 3.63) is 83.9 Å². The average molecular weight is 573 g/mol. The summed E-state index contributed by atoms with van der Waals surface area (Å²) in [5.74, 6) is 1.36. The number of anilines is 3. The van der Waals surface area contributed by atoms with Gasteiger partial charge in [-0.3, -0.25) is 14.7 Å². The van der Waals surface area contributed by atoms with Gasteiger partial charge in [-0.15, -0.1) is 0 Å². The molecule has 10 heteroatoms. The molecule has 1 aliphatic heterocycles. The third kappa shape index (κ3) is 7.11. The van der Waals surface area contributed by atoms with Gasteiger partial charge < -0.3 is 20.1 Å². The molecule has 2 aromatic heterocycles. The number of benzene rings is 2. The Hall–Kier alpha value is -4.21. The number of pyridine rings is 1. The predicted molar refractivity (Wildman–Crippen MR) is 162 cm³/mol. The Morgan fingerprint density at radius 2 is 2.05 bits per heavy atom. The van der Waals surface area contributed by atoms with Crippen molar-refractivity contribution in [2.45, 2.75) is 38.8 Å². The third-order valence-electron chi connectivity index (χ3n) is 6.81. The van der Waals surface area contributed by atoms with Crippen LogP contribution in [0.1, 0.15) is 31.9 Å². The van der Waals surface area contributed by atoms with Crippen LogP contribution in [-0.2, 0) is 11.4 Å². The molecule has 2 N–H and O–H groups in total. The van der Waals surface area contributed by atoms with E-state index in [4.69, 9.17) is 21.1 Å². The predicted octanol–water partition coefficient (Wildman–Crippen LogP) is 6.38. The highest BCUT2D eigenvalue weighted by molar-refractivity contribution is 6.32. The van der Waals surface area contributed by atoms with Gasteiger partial charge in [0.1, 0.15) is 24.5 Å². The number of carbonyl (C=O) groups is 1. The smallest absolute Gasteiger partial charge is 0.248 e. The van der Waals surface area contributed by atoms with Crippen molar-refractivity contribution in [3.8, 4) is 11.5 Å². The number of carbonyl (C=O) groups excluding carboxylic acids is 1. The lowest BCUT2D eigenvalue weighted by Crippen LogP contribution is -2.23. The molecule has 0 unspecified atom stereocenters. The van der Waals surface area contributed by atoms with E-state index in [1.165, 1.54) is 6.33 Å². The van der Waals surface area contributed by atoms with Crippen molar-refractivity contribution in [2.24, 2.45) is 0 Å². The summed E-state index contributed by atoms with van der Waals surface area (Å²) in [6.07, 6.45) is 9.74. The van der Waals surface area contributed by atoms with Crippen LogP contribution in [0.4, 0.5) is 17.2 Å². The van der Waals surface area contributed by atoms with Gasteiger partial charge in [-0.25, -0.2) is 9.97 Å². The molecule has 0 bridgehead atoms. The molecule has 1 amide bonds. The molecular weight excluding hydrogens is 540 g/mol. The highest BCUT2D eigenvalue weighted by Gasteiger charge is 2.19. The number of hydrogen-bond donors (Lipinski definition) is 2. The van der Waals surface area contributed by atoms with Crippen LogP contribution in [0.25, 0.3) is 10.9 Å². The first-order valence-electron chi connectivity index (χ1n) is 13.7. The van der Waals surface area contributed by atoms with Crippen LogP contribution in [-0.4, -0.2) is 52.0 Å². The minimum absolute atomic E-state index is 0.217. The van der Waals surface area contributed by atoms with Gasteiger partial charge in [0.2, 0.25) is 5.91 Å². The maximum atomic E-state index is 12.9. The maximum absolute atomic E-state index is 12.9. The molecule has 2 aromatic carbocycles. The van der Waals surface area contributed by atoms with Gasteiger partial charge in [0, 0.05) is 24.0 Å². The van der Waals surface area contributed by atoms with Crippen LogP contribution in [0, 0.1) is 0 Å². The summed E-state index contributed by atoms with van der Waals surface area (Å²) in [6, 6.07) is 15.0. The fraction of sp³-hybridized carbons (Fsp3) is 0.290. The van der Waals surface area contributed by atoms with E-state index in [-0.39, 0.29) is 11.9 Å². The van der Waals surface area contributed by atoms with E-state index in [2.05, 4.69) is 37.5 Å². The zero-order valence-corrected chi connectivity index (χ0v) is 23.9. The third-order valence-corrected chi connectivity index (χ3v) is 7.10. The fourth-order valence-corrected chi connectivity index (χ4v) is 4.92. The summed E-state index contributed by atoms with van der Waals surface area (Å²) in [7, 11) is 2.07. The first kappa shape index (κ1) is 28.3. The summed E-state index contributed by atoms with van der Waals surface area (Å²) in [5.41, 5.74) is 2.74. The van der Waals surface area contributed by atoms with E-state index in [1.807, 2.05) is 49.4 Å². The van der Waals surface area contributed by atoms with Crippen LogP contribution < -0.4 is 20.1 Å². The summed E-state index contributed by atoms with van der Waals surface area (Å²) in [5, 5.41) is 7.43. The number of amides is 1. The molecule has 1 aliphatic rings. The van der Waals surface area contributed by atoms with E-state index in [0.717, 1.165) is 31.5 Å². The average Bonchev–Trinajstić information content (AvgIpc) is 3.40. The zero-order valence-electron chi connectivity index (χ0n) is 23.1.